The lowest BCUT2D eigenvalue weighted by Gasteiger charge is -2.12. The summed E-state index contributed by atoms with van der Waals surface area (Å²) in [4.78, 5) is 11.0. The van der Waals surface area contributed by atoms with Crippen molar-refractivity contribution in [1.29, 1.82) is 0 Å². The molecule has 0 atom stereocenters. The largest absolute Gasteiger partial charge is 0.493 e. The maximum atomic E-state index is 11.0. The fourth-order valence-corrected chi connectivity index (χ4v) is 2.24. The third-order valence-electron chi connectivity index (χ3n) is 2.76. The number of halogens is 1. The predicted molar refractivity (Wildman–Crippen MR) is 80.1 cm³/mol. The van der Waals surface area contributed by atoms with Gasteiger partial charge in [-0.25, -0.2) is 4.79 Å². The van der Waals surface area contributed by atoms with Gasteiger partial charge >= 0.3 is 5.97 Å². The second-order valence-corrected chi connectivity index (χ2v) is 5.14. The topological polar surface area (TPSA) is 76.0 Å². The lowest BCUT2D eigenvalue weighted by atomic mass is 10.2. The number of carbonyl (C=O) groups is 1. The molecule has 0 aliphatic carbocycles. The highest BCUT2D eigenvalue weighted by atomic mass is 79.9. The number of aromatic carboxylic acids is 1. The average molecular weight is 353 g/mol. The lowest BCUT2D eigenvalue weighted by Crippen LogP contribution is -1.97. The van der Waals surface area contributed by atoms with Crippen LogP contribution in [-0.4, -0.2) is 23.3 Å². The summed E-state index contributed by atoms with van der Waals surface area (Å²) in [6, 6.07) is 9.59. The zero-order valence-corrected chi connectivity index (χ0v) is 12.8. The molecule has 0 aliphatic heterocycles. The van der Waals surface area contributed by atoms with Crippen molar-refractivity contribution in [2.75, 3.05) is 7.11 Å². The molecular formula is C15H13BrO5. The summed E-state index contributed by atoms with van der Waals surface area (Å²) >= 11 is 3.25. The van der Waals surface area contributed by atoms with Crippen LogP contribution in [0.4, 0.5) is 0 Å². The van der Waals surface area contributed by atoms with Crippen molar-refractivity contribution in [3.8, 4) is 17.2 Å². The highest BCUT2D eigenvalue weighted by Crippen LogP contribution is 2.33. The molecule has 0 spiro atoms. The SMILES string of the molecule is COc1cc(CO)ccc1Oc1cc(Br)cc(C(=O)O)c1. The van der Waals surface area contributed by atoms with E-state index in [2.05, 4.69) is 15.9 Å². The number of aliphatic hydroxyl groups is 1. The van der Waals surface area contributed by atoms with Gasteiger partial charge in [-0.2, -0.15) is 0 Å². The third kappa shape index (κ3) is 3.74. The number of hydrogen-bond acceptors (Lipinski definition) is 4. The average Bonchev–Trinajstić information content (AvgIpc) is 2.47. The Kier molecular flexibility index (Phi) is 4.82. The van der Waals surface area contributed by atoms with Crippen LogP contribution in [0, 0.1) is 0 Å². The van der Waals surface area contributed by atoms with Gasteiger partial charge in [0.25, 0.3) is 0 Å². The zero-order valence-electron chi connectivity index (χ0n) is 11.2. The summed E-state index contributed by atoms with van der Waals surface area (Å²) in [5.74, 6) is 0.225. The number of carboxylic acids is 1. The van der Waals surface area contributed by atoms with Gasteiger partial charge in [0.05, 0.1) is 19.3 Å². The van der Waals surface area contributed by atoms with Crippen molar-refractivity contribution >= 4 is 21.9 Å². The van der Waals surface area contributed by atoms with Crippen molar-refractivity contribution < 1.29 is 24.5 Å². The Morgan fingerprint density at radius 2 is 1.95 bits per heavy atom. The van der Waals surface area contributed by atoms with E-state index < -0.39 is 5.97 Å². The maximum Gasteiger partial charge on any atom is 0.335 e. The van der Waals surface area contributed by atoms with Crippen LogP contribution in [0.15, 0.2) is 40.9 Å². The number of carboxylic acid groups (broad SMARTS) is 1. The van der Waals surface area contributed by atoms with Gasteiger partial charge in [0.2, 0.25) is 0 Å². The molecule has 0 radical (unpaired) electrons. The van der Waals surface area contributed by atoms with Crippen LogP contribution in [-0.2, 0) is 6.61 Å². The Morgan fingerprint density at radius 1 is 1.19 bits per heavy atom. The van der Waals surface area contributed by atoms with Gasteiger partial charge < -0.3 is 19.7 Å². The van der Waals surface area contributed by atoms with Crippen molar-refractivity contribution in [3.63, 3.8) is 0 Å². The molecule has 0 bridgehead atoms. The van der Waals surface area contributed by atoms with E-state index >= 15 is 0 Å². The molecule has 0 amide bonds. The summed E-state index contributed by atoms with van der Waals surface area (Å²) in [6.45, 7) is -0.101. The first-order chi connectivity index (χ1) is 10.0. The fraction of sp³-hybridized carbons (Fsp3) is 0.133. The maximum absolute atomic E-state index is 11.0. The van der Waals surface area contributed by atoms with Crippen molar-refractivity contribution in [1.82, 2.24) is 0 Å². The molecule has 0 aromatic heterocycles. The van der Waals surface area contributed by atoms with Crippen LogP contribution in [0.1, 0.15) is 15.9 Å². The van der Waals surface area contributed by atoms with E-state index in [9.17, 15) is 4.79 Å². The van der Waals surface area contributed by atoms with E-state index in [0.717, 1.165) is 0 Å². The molecule has 110 valence electrons. The summed E-state index contributed by atoms with van der Waals surface area (Å²) < 4.78 is 11.5. The smallest absolute Gasteiger partial charge is 0.335 e. The van der Waals surface area contributed by atoms with E-state index in [1.54, 1.807) is 24.3 Å². The Balaban J connectivity index is 2.35. The van der Waals surface area contributed by atoms with E-state index in [-0.39, 0.29) is 12.2 Å². The van der Waals surface area contributed by atoms with E-state index in [1.165, 1.54) is 19.2 Å². The molecule has 6 heteroatoms. The lowest BCUT2D eigenvalue weighted by molar-refractivity contribution is 0.0696. The normalized spacial score (nSPS) is 10.2. The molecule has 5 nitrogen and oxygen atoms in total. The molecule has 2 N–H and O–H groups in total. The van der Waals surface area contributed by atoms with Gasteiger partial charge in [-0.3, -0.25) is 0 Å². The first-order valence-electron chi connectivity index (χ1n) is 6.03. The van der Waals surface area contributed by atoms with Gasteiger partial charge in [-0.15, -0.1) is 0 Å². The molecule has 0 heterocycles. The molecule has 0 saturated carbocycles. The molecule has 2 rings (SSSR count). The highest BCUT2D eigenvalue weighted by molar-refractivity contribution is 9.10. The summed E-state index contributed by atoms with van der Waals surface area (Å²) in [7, 11) is 1.49. The second kappa shape index (κ2) is 6.60. The van der Waals surface area contributed by atoms with Crippen LogP contribution in [0.3, 0.4) is 0 Å². The van der Waals surface area contributed by atoms with Crippen molar-refractivity contribution in [2.24, 2.45) is 0 Å². The summed E-state index contributed by atoms with van der Waals surface area (Å²) in [6.07, 6.45) is 0. The van der Waals surface area contributed by atoms with E-state index in [1.807, 2.05) is 0 Å². The number of aliphatic hydroxyl groups excluding tert-OH is 1. The minimum Gasteiger partial charge on any atom is -0.493 e. The number of benzene rings is 2. The molecule has 0 unspecified atom stereocenters. The minimum absolute atomic E-state index is 0.101. The number of methoxy groups -OCH3 is 1. The van der Waals surface area contributed by atoms with Crippen LogP contribution < -0.4 is 9.47 Å². The number of ether oxygens (including phenoxy) is 2. The summed E-state index contributed by atoms with van der Waals surface area (Å²) in [5, 5.41) is 18.1. The molecule has 0 saturated heterocycles. The third-order valence-corrected chi connectivity index (χ3v) is 3.21. The molecule has 21 heavy (non-hydrogen) atoms. The molecule has 0 fully saturated rings. The van der Waals surface area contributed by atoms with Crippen LogP contribution in [0.5, 0.6) is 17.2 Å². The molecule has 2 aromatic rings. The van der Waals surface area contributed by atoms with E-state index in [0.29, 0.717) is 27.3 Å². The van der Waals surface area contributed by atoms with E-state index in [4.69, 9.17) is 19.7 Å². The Morgan fingerprint density at radius 3 is 2.57 bits per heavy atom. The standard InChI is InChI=1S/C15H13BrO5/c1-20-14-4-9(8-17)2-3-13(14)21-12-6-10(15(18)19)5-11(16)7-12/h2-7,17H,8H2,1H3,(H,18,19). The van der Waals surface area contributed by atoms with Crippen molar-refractivity contribution in [3.05, 3.63) is 52.0 Å². The minimum atomic E-state index is -1.04. The molecule has 2 aromatic carbocycles. The Hall–Kier alpha value is -2.05. The van der Waals surface area contributed by atoms with Gasteiger partial charge in [0, 0.05) is 4.47 Å². The zero-order chi connectivity index (χ0) is 15.4. The van der Waals surface area contributed by atoms with Gasteiger partial charge in [-0.1, -0.05) is 22.0 Å². The van der Waals surface area contributed by atoms with Crippen LogP contribution in [0.25, 0.3) is 0 Å². The van der Waals surface area contributed by atoms with Gasteiger partial charge in [0.15, 0.2) is 11.5 Å². The van der Waals surface area contributed by atoms with Gasteiger partial charge in [-0.05, 0) is 35.9 Å². The van der Waals surface area contributed by atoms with Crippen molar-refractivity contribution in [2.45, 2.75) is 6.61 Å². The highest BCUT2D eigenvalue weighted by Gasteiger charge is 2.10. The first kappa shape index (κ1) is 15.3. The van der Waals surface area contributed by atoms with Crippen LogP contribution in [0.2, 0.25) is 0 Å². The first-order valence-corrected chi connectivity index (χ1v) is 6.82. The fourth-order valence-electron chi connectivity index (χ4n) is 1.77. The number of hydrogen-bond donors (Lipinski definition) is 2. The second-order valence-electron chi connectivity index (χ2n) is 4.23. The monoisotopic (exact) mass is 352 g/mol. The number of rotatable bonds is 5. The quantitative estimate of drug-likeness (QED) is 0.861. The Labute approximate surface area is 129 Å². The van der Waals surface area contributed by atoms with Crippen LogP contribution >= 0.6 is 15.9 Å². The van der Waals surface area contributed by atoms with Gasteiger partial charge in [0.1, 0.15) is 5.75 Å². The molecule has 0 aliphatic rings. The Bertz CT molecular complexity index is 669. The molecular weight excluding hydrogens is 340 g/mol. The predicted octanol–water partition coefficient (Wildman–Crippen LogP) is 3.44. The summed E-state index contributed by atoms with van der Waals surface area (Å²) in [5.41, 5.74) is 0.810.